The largest absolute Gasteiger partial charge is 0.339 e. The van der Waals surface area contributed by atoms with E-state index < -0.39 is 0 Å². The number of halogens is 1. The first-order valence-corrected chi connectivity index (χ1v) is 8.91. The molecule has 0 radical (unpaired) electrons. The molecule has 0 unspecified atom stereocenters. The molecule has 2 aromatic heterocycles. The molecule has 3 aromatic carbocycles. The van der Waals surface area contributed by atoms with Crippen LogP contribution in [-0.4, -0.2) is 9.97 Å². The van der Waals surface area contributed by atoms with E-state index >= 15 is 0 Å². The van der Waals surface area contributed by atoms with Crippen LogP contribution in [-0.2, 0) is 0 Å². The maximum Gasteiger partial charge on any atom is 0.140 e. The van der Waals surface area contributed by atoms with Crippen LogP contribution < -0.4 is 0 Å². The molecule has 0 saturated carbocycles. The Morgan fingerprint density at radius 3 is 1.92 bits per heavy atom. The van der Waals surface area contributed by atoms with E-state index in [1.807, 2.05) is 30.3 Å². The standard InChI is InChI=1S/C23H15ClN2/c24-22-20(16-11-5-2-6-12-16)19(15-9-3-1-4-10-15)21-17-13-7-8-14-18(17)25-23(21)26-22/h1-14H,(H,25,26). The van der Waals surface area contributed by atoms with Crippen LogP contribution in [0.2, 0.25) is 5.15 Å². The van der Waals surface area contributed by atoms with E-state index in [0.717, 1.165) is 44.2 Å². The molecule has 1 N–H and O–H groups in total. The van der Waals surface area contributed by atoms with Crippen molar-refractivity contribution in [3.8, 4) is 22.3 Å². The van der Waals surface area contributed by atoms with Gasteiger partial charge >= 0.3 is 0 Å². The average Bonchev–Trinajstić information content (AvgIpc) is 3.06. The summed E-state index contributed by atoms with van der Waals surface area (Å²) in [5.74, 6) is 0. The highest BCUT2D eigenvalue weighted by Gasteiger charge is 2.20. The zero-order valence-corrected chi connectivity index (χ0v) is 14.7. The van der Waals surface area contributed by atoms with Gasteiger partial charge in [0.25, 0.3) is 0 Å². The van der Waals surface area contributed by atoms with Gasteiger partial charge in [0.1, 0.15) is 10.8 Å². The lowest BCUT2D eigenvalue weighted by Crippen LogP contribution is -1.92. The Morgan fingerprint density at radius 2 is 1.23 bits per heavy atom. The lowest BCUT2D eigenvalue weighted by Gasteiger charge is -2.14. The summed E-state index contributed by atoms with van der Waals surface area (Å²) in [6, 6.07) is 28.9. The number of pyridine rings is 1. The third-order valence-electron chi connectivity index (χ3n) is 4.73. The van der Waals surface area contributed by atoms with Gasteiger partial charge in [-0.05, 0) is 17.2 Å². The summed E-state index contributed by atoms with van der Waals surface area (Å²) >= 11 is 6.69. The molecule has 0 fully saturated rings. The molecule has 0 amide bonds. The van der Waals surface area contributed by atoms with E-state index in [2.05, 4.69) is 64.6 Å². The van der Waals surface area contributed by atoms with Gasteiger partial charge in [-0.15, -0.1) is 0 Å². The van der Waals surface area contributed by atoms with Gasteiger partial charge in [0.05, 0.1) is 0 Å². The van der Waals surface area contributed by atoms with Gasteiger partial charge in [0.2, 0.25) is 0 Å². The number of nitrogens with one attached hydrogen (secondary N) is 1. The Labute approximate surface area is 156 Å². The summed E-state index contributed by atoms with van der Waals surface area (Å²) in [5.41, 5.74) is 6.16. The Balaban J connectivity index is 2.01. The normalized spacial score (nSPS) is 11.3. The van der Waals surface area contributed by atoms with Crippen molar-refractivity contribution in [2.24, 2.45) is 0 Å². The molecule has 5 aromatic rings. The number of aromatic amines is 1. The van der Waals surface area contributed by atoms with Gasteiger partial charge < -0.3 is 4.98 Å². The third-order valence-corrected chi connectivity index (χ3v) is 5.00. The van der Waals surface area contributed by atoms with E-state index in [4.69, 9.17) is 11.6 Å². The SMILES string of the molecule is Clc1nc2[nH]c3ccccc3c2c(-c2ccccc2)c1-c1ccccc1. The topological polar surface area (TPSA) is 28.7 Å². The smallest absolute Gasteiger partial charge is 0.140 e. The molecule has 0 saturated heterocycles. The second-order valence-corrected chi connectivity index (χ2v) is 6.64. The number of para-hydroxylation sites is 1. The number of hydrogen-bond donors (Lipinski definition) is 1. The highest BCUT2D eigenvalue weighted by molar-refractivity contribution is 6.34. The van der Waals surface area contributed by atoms with Crippen LogP contribution >= 0.6 is 11.6 Å². The van der Waals surface area contributed by atoms with Crippen molar-refractivity contribution in [2.45, 2.75) is 0 Å². The van der Waals surface area contributed by atoms with Gasteiger partial charge in [0.15, 0.2) is 0 Å². The van der Waals surface area contributed by atoms with Gasteiger partial charge in [-0.1, -0.05) is 90.5 Å². The molecule has 2 heterocycles. The molecule has 0 aliphatic carbocycles. The summed E-state index contributed by atoms with van der Waals surface area (Å²) in [4.78, 5) is 8.10. The molecule has 2 nitrogen and oxygen atoms in total. The first-order chi connectivity index (χ1) is 12.8. The number of aromatic nitrogens is 2. The molecular weight excluding hydrogens is 340 g/mol. The summed E-state index contributed by atoms with van der Waals surface area (Å²) in [5, 5.41) is 2.77. The van der Waals surface area contributed by atoms with Crippen LogP contribution in [0.5, 0.6) is 0 Å². The van der Waals surface area contributed by atoms with Crippen LogP contribution in [0.3, 0.4) is 0 Å². The minimum atomic E-state index is 0.508. The van der Waals surface area contributed by atoms with Gasteiger partial charge in [-0.25, -0.2) is 4.98 Å². The lowest BCUT2D eigenvalue weighted by atomic mass is 9.93. The van der Waals surface area contributed by atoms with Crippen molar-refractivity contribution in [3.05, 3.63) is 90.1 Å². The van der Waals surface area contributed by atoms with Crippen molar-refractivity contribution in [3.63, 3.8) is 0 Å². The predicted octanol–water partition coefficient (Wildman–Crippen LogP) is 6.70. The number of benzene rings is 3. The molecule has 26 heavy (non-hydrogen) atoms. The van der Waals surface area contributed by atoms with Crippen LogP contribution in [0.1, 0.15) is 0 Å². The first-order valence-electron chi connectivity index (χ1n) is 8.53. The fourth-order valence-corrected chi connectivity index (χ4v) is 3.90. The molecule has 3 heteroatoms. The van der Waals surface area contributed by atoms with E-state index in [9.17, 15) is 0 Å². The zero-order chi connectivity index (χ0) is 17.5. The number of nitrogens with zero attached hydrogens (tertiary/aromatic N) is 1. The monoisotopic (exact) mass is 354 g/mol. The molecule has 0 aliphatic rings. The van der Waals surface area contributed by atoms with Crippen LogP contribution in [0, 0.1) is 0 Å². The summed E-state index contributed by atoms with van der Waals surface area (Å²) in [6.45, 7) is 0. The van der Waals surface area contributed by atoms with E-state index in [0.29, 0.717) is 5.15 Å². The molecule has 0 aliphatic heterocycles. The van der Waals surface area contributed by atoms with E-state index in [1.165, 1.54) is 0 Å². The number of fused-ring (bicyclic) bond motifs is 3. The number of rotatable bonds is 2. The number of H-pyrrole nitrogens is 1. The van der Waals surface area contributed by atoms with Crippen LogP contribution in [0.25, 0.3) is 44.2 Å². The first kappa shape index (κ1) is 15.2. The fourth-order valence-electron chi connectivity index (χ4n) is 3.61. The van der Waals surface area contributed by atoms with E-state index in [1.54, 1.807) is 0 Å². The van der Waals surface area contributed by atoms with Gasteiger partial charge in [0, 0.05) is 27.4 Å². The third kappa shape index (κ3) is 2.31. The Hall–Kier alpha value is -3.10. The minimum Gasteiger partial charge on any atom is -0.339 e. The van der Waals surface area contributed by atoms with Crippen LogP contribution in [0.4, 0.5) is 0 Å². The second-order valence-electron chi connectivity index (χ2n) is 6.28. The minimum absolute atomic E-state index is 0.508. The fraction of sp³-hybridized carbons (Fsp3) is 0. The maximum atomic E-state index is 6.69. The van der Waals surface area contributed by atoms with Crippen molar-refractivity contribution in [1.82, 2.24) is 9.97 Å². The van der Waals surface area contributed by atoms with Crippen molar-refractivity contribution >= 4 is 33.5 Å². The van der Waals surface area contributed by atoms with Gasteiger partial charge in [-0.2, -0.15) is 0 Å². The highest BCUT2D eigenvalue weighted by Crippen LogP contribution is 2.43. The maximum absolute atomic E-state index is 6.69. The summed E-state index contributed by atoms with van der Waals surface area (Å²) in [7, 11) is 0. The highest BCUT2D eigenvalue weighted by atomic mass is 35.5. The van der Waals surface area contributed by atoms with Crippen LogP contribution in [0.15, 0.2) is 84.9 Å². The lowest BCUT2D eigenvalue weighted by molar-refractivity contribution is 1.34. The van der Waals surface area contributed by atoms with E-state index in [-0.39, 0.29) is 0 Å². The predicted molar refractivity (Wildman–Crippen MR) is 109 cm³/mol. The summed E-state index contributed by atoms with van der Waals surface area (Å²) < 4.78 is 0. The molecule has 124 valence electrons. The quantitative estimate of drug-likeness (QED) is 0.351. The molecule has 0 spiro atoms. The zero-order valence-electron chi connectivity index (χ0n) is 13.9. The molecule has 0 atom stereocenters. The Kier molecular flexibility index (Phi) is 3.51. The Morgan fingerprint density at radius 1 is 0.654 bits per heavy atom. The van der Waals surface area contributed by atoms with Crippen molar-refractivity contribution in [2.75, 3.05) is 0 Å². The second kappa shape index (κ2) is 6.01. The Bertz CT molecular complexity index is 1230. The molecular formula is C23H15ClN2. The number of hydrogen-bond acceptors (Lipinski definition) is 1. The molecule has 5 rings (SSSR count). The summed E-state index contributed by atoms with van der Waals surface area (Å²) in [6.07, 6.45) is 0. The molecule has 0 bridgehead atoms. The van der Waals surface area contributed by atoms with Crippen molar-refractivity contribution in [1.29, 1.82) is 0 Å². The van der Waals surface area contributed by atoms with Gasteiger partial charge in [-0.3, -0.25) is 0 Å². The van der Waals surface area contributed by atoms with Crippen molar-refractivity contribution < 1.29 is 0 Å². The average molecular weight is 355 g/mol.